The predicted molar refractivity (Wildman–Crippen MR) is 43.7 cm³/mol. The fraction of sp³-hybridized carbons (Fsp3) is 0.500. The number of ether oxygens (including phenoxy) is 1. The van der Waals surface area contributed by atoms with Crippen LogP contribution in [0.1, 0.15) is 6.92 Å². The van der Waals surface area contributed by atoms with Crippen LogP contribution in [0.3, 0.4) is 0 Å². The third-order valence-electron chi connectivity index (χ3n) is 1.36. The zero-order valence-corrected chi connectivity index (χ0v) is 7.06. The van der Waals surface area contributed by atoms with Crippen LogP contribution in [-0.2, 0) is 16.1 Å². The number of Topliss-reactive ketones (excluding diaryl/α,β-unsaturated/α-hetero) is 1. The van der Waals surface area contributed by atoms with Gasteiger partial charge in [0, 0.05) is 18.9 Å². The highest BCUT2D eigenvalue weighted by Crippen LogP contribution is 1.86. The van der Waals surface area contributed by atoms with Crippen molar-refractivity contribution in [1.82, 2.24) is 9.55 Å². The van der Waals surface area contributed by atoms with Crippen molar-refractivity contribution in [3.8, 4) is 0 Å². The van der Waals surface area contributed by atoms with Crippen molar-refractivity contribution in [3.63, 3.8) is 0 Å². The highest BCUT2D eigenvalue weighted by atomic mass is 16.5. The molecule has 66 valence electrons. The Labute approximate surface area is 71.2 Å². The maximum atomic E-state index is 10.5. The highest BCUT2D eigenvalue weighted by molar-refractivity contribution is 5.76. The molecular weight excluding hydrogens is 156 g/mol. The largest absolute Gasteiger partial charge is 0.372 e. The fourth-order valence-corrected chi connectivity index (χ4v) is 0.805. The Morgan fingerprint density at radius 2 is 2.50 bits per heavy atom. The van der Waals surface area contributed by atoms with Crippen molar-refractivity contribution in [1.29, 1.82) is 0 Å². The maximum absolute atomic E-state index is 10.5. The van der Waals surface area contributed by atoms with E-state index in [-0.39, 0.29) is 12.4 Å². The summed E-state index contributed by atoms with van der Waals surface area (Å²) in [6, 6.07) is 0. The summed E-state index contributed by atoms with van der Waals surface area (Å²) < 4.78 is 6.97. The molecule has 1 aromatic rings. The van der Waals surface area contributed by atoms with Crippen LogP contribution in [0.4, 0.5) is 0 Å². The first-order valence-corrected chi connectivity index (χ1v) is 3.82. The molecule has 0 bridgehead atoms. The number of imidazole rings is 1. The smallest absolute Gasteiger partial charge is 0.155 e. The number of hydrogen-bond donors (Lipinski definition) is 0. The van der Waals surface area contributed by atoms with E-state index < -0.39 is 0 Å². The number of ketones is 1. The van der Waals surface area contributed by atoms with Crippen LogP contribution >= 0.6 is 0 Å². The Hall–Kier alpha value is -1.16. The summed E-state index contributed by atoms with van der Waals surface area (Å²) in [5.41, 5.74) is 0. The number of aromatic nitrogens is 2. The molecule has 0 N–H and O–H groups in total. The van der Waals surface area contributed by atoms with Crippen molar-refractivity contribution < 1.29 is 9.53 Å². The first-order valence-electron chi connectivity index (χ1n) is 3.82. The average Bonchev–Trinajstić information content (AvgIpc) is 2.49. The van der Waals surface area contributed by atoms with Gasteiger partial charge in [-0.1, -0.05) is 0 Å². The van der Waals surface area contributed by atoms with E-state index in [0.717, 1.165) is 6.54 Å². The average molecular weight is 168 g/mol. The molecule has 0 aromatic carbocycles. The van der Waals surface area contributed by atoms with E-state index in [1.54, 1.807) is 12.5 Å². The molecule has 0 amide bonds. The lowest BCUT2D eigenvalue weighted by Gasteiger charge is -2.01. The van der Waals surface area contributed by atoms with Gasteiger partial charge in [0.2, 0.25) is 0 Å². The van der Waals surface area contributed by atoms with E-state index in [4.69, 9.17) is 4.74 Å². The van der Waals surface area contributed by atoms with Gasteiger partial charge in [0.25, 0.3) is 0 Å². The molecule has 0 atom stereocenters. The zero-order chi connectivity index (χ0) is 8.81. The number of rotatable bonds is 5. The molecule has 0 saturated heterocycles. The van der Waals surface area contributed by atoms with E-state index in [2.05, 4.69) is 4.98 Å². The van der Waals surface area contributed by atoms with Gasteiger partial charge in [0.1, 0.15) is 6.61 Å². The summed E-state index contributed by atoms with van der Waals surface area (Å²) in [5.74, 6) is 0.0561. The van der Waals surface area contributed by atoms with Crippen molar-refractivity contribution in [3.05, 3.63) is 18.7 Å². The lowest BCUT2D eigenvalue weighted by atomic mass is 10.5. The third-order valence-corrected chi connectivity index (χ3v) is 1.36. The van der Waals surface area contributed by atoms with E-state index >= 15 is 0 Å². The molecular formula is C8H12N2O2. The molecule has 0 spiro atoms. The Balaban J connectivity index is 2.07. The molecule has 4 heteroatoms. The third kappa shape index (κ3) is 3.30. The van der Waals surface area contributed by atoms with Crippen LogP contribution in [0.15, 0.2) is 18.7 Å². The van der Waals surface area contributed by atoms with Crippen LogP contribution in [0.25, 0.3) is 0 Å². The summed E-state index contributed by atoms with van der Waals surface area (Å²) in [6.07, 6.45) is 5.29. The standard InChI is InChI=1S/C8H12N2O2/c1-8(11)6-12-5-4-10-3-2-9-7-10/h2-3,7H,4-6H2,1H3. The second kappa shape index (κ2) is 4.66. The Morgan fingerprint density at radius 3 is 3.08 bits per heavy atom. The molecule has 0 aliphatic carbocycles. The second-order valence-electron chi connectivity index (χ2n) is 2.56. The maximum Gasteiger partial charge on any atom is 0.155 e. The quantitative estimate of drug-likeness (QED) is 0.601. The minimum absolute atomic E-state index is 0.0561. The first kappa shape index (κ1) is 8.93. The molecule has 0 fully saturated rings. The lowest BCUT2D eigenvalue weighted by Crippen LogP contribution is -2.09. The Bertz CT molecular complexity index is 231. The van der Waals surface area contributed by atoms with E-state index in [9.17, 15) is 4.79 Å². The monoisotopic (exact) mass is 168 g/mol. The zero-order valence-electron chi connectivity index (χ0n) is 7.06. The van der Waals surface area contributed by atoms with Gasteiger partial charge in [0.05, 0.1) is 12.9 Å². The molecule has 0 aliphatic rings. The SMILES string of the molecule is CC(=O)COCCn1ccnc1. The summed E-state index contributed by atoms with van der Waals surface area (Å²) in [4.78, 5) is 14.3. The minimum atomic E-state index is 0.0561. The Kier molecular flexibility index (Phi) is 3.47. The number of carbonyl (C=O) groups excluding carboxylic acids is 1. The van der Waals surface area contributed by atoms with Gasteiger partial charge >= 0.3 is 0 Å². The summed E-state index contributed by atoms with van der Waals surface area (Å²) >= 11 is 0. The molecule has 0 radical (unpaired) electrons. The van der Waals surface area contributed by atoms with E-state index in [1.165, 1.54) is 6.92 Å². The topological polar surface area (TPSA) is 44.1 Å². The van der Waals surface area contributed by atoms with Crippen LogP contribution in [0.5, 0.6) is 0 Å². The number of nitrogens with zero attached hydrogens (tertiary/aromatic N) is 2. The van der Waals surface area contributed by atoms with Crippen molar-refractivity contribution >= 4 is 5.78 Å². The molecule has 0 saturated carbocycles. The van der Waals surface area contributed by atoms with Crippen molar-refractivity contribution in [2.45, 2.75) is 13.5 Å². The molecule has 1 aromatic heterocycles. The molecule has 1 heterocycles. The molecule has 4 nitrogen and oxygen atoms in total. The van der Waals surface area contributed by atoms with Crippen molar-refractivity contribution in [2.75, 3.05) is 13.2 Å². The summed E-state index contributed by atoms with van der Waals surface area (Å²) in [6.45, 7) is 3.01. The molecule has 1 rings (SSSR count). The normalized spacial score (nSPS) is 10.1. The summed E-state index contributed by atoms with van der Waals surface area (Å²) in [5, 5.41) is 0. The van der Waals surface area contributed by atoms with Crippen LogP contribution in [0, 0.1) is 0 Å². The van der Waals surface area contributed by atoms with Gasteiger partial charge in [-0.05, 0) is 6.92 Å². The number of hydrogen-bond acceptors (Lipinski definition) is 3. The predicted octanol–water partition coefficient (Wildman–Crippen LogP) is 0.489. The van der Waals surface area contributed by atoms with Gasteiger partial charge in [-0.15, -0.1) is 0 Å². The van der Waals surface area contributed by atoms with Crippen LogP contribution in [-0.4, -0.2) is 28.5 Å². The lowest BCUT2D eigenvalue weighted by molar-refractivity contribution is -0.121. The van der Waals surface area contributed by atoms with Gasteiger partial charge in [-0.3, -0.25) is 4.79 Å². The summed E-state index contributed by atoms with van der Waals surface area (Å²) in [7, 11) is 0. The van der Waals surface area contributed by atoms with E-state index in [1.807, 2.05) is 10.8 Å². The highest BCUT2D eigenvalue weighted by Gasteiger charge is 1.93. The van der Waals surface area contributed by atoms with Gasteiger partial charge in [0.15, 0.2) is 5.78 Å². The van der Waals surface area contributed by atoms with Crippen LogP contribution in [0.2, 0.25) is 0 Å². The van der Waals surface area contributed by atoms with Gasteiger partial charge in [-0.25, -0.2) is 4.98 Å². The van der Waals surface area contributed by atoms with E-state index in [0.29, 0.717) is 6.61 Å². The van der Waals surface area contributed by atoms with Gasteiger partial charge in [-0.2, -0.15) is 0 Å². The van der Waals surface area contributed by atoms with Crippen molar-refractivity contribution in [2.24, 2.45) is 0 Å². The minimum Gasteiger partial charge on any atom is -0.372 e. The Morgan fingerprint density at radius 1 is 1.67 bits per heavy atom. The van der Waals surface area contributed by atoms with Crippen LogP contribution < -0.4 is 0 Å². The first-order chi connectivity index (χ1) is 5.79. The second-order valence-corrected chi connectivity index (χ2v) is 2.56. The molecule has 0 aliphatic heterocycles. The number of carbonyl (C=O) groups is 1. The van der Waals surface area contributed by atoms with Gasteiger partial charge < -0.3 is 9.30 Å². The molecule has 12 heavy (non-hydrogen) atoms. The molecule has 0 unspecified atom stereocenters. The fourth-order valence-electron chi connectivity index (χ4n) is 0.805.